The van der Waals surface area contributed by atoms with Crippen molar-refractivity contribution in [3.05, 3.63) is 58.9 Å². The lowest BCUT2D eigenvalue weighted by Gasteiger charge is -2.37. The number of hydrogen-bond acceptors (Lipinski definition) is 5. The second-order valence-electron chi connectivity index (χ2n) is 9.19. The standard InChI is InChI=1S/C23H21F8NO5S2/c1-32(20(33)18-4-3-13(22(26,27)28)11-19(18)38(2,34)35)16-5-7-21(25,8-6-16)39(36,37)17-10-14(23(29,30)31)9-15(24)12-17/h3-4,9-12,16H,5-8H2,1-2H3/t16-,21-. The van der Waals surface area contributed by atoms with E-state index < -0.39 is 94.1 Å². The van der Waals surface area contributed by atoms with Crippen LogP contribution in [-0.2, 0) is 32.0 Å². The Hall–Kier alpha value is -2.75. The number of sulfone groups is 2. The Balaban J connectivity index is 1.86. The maximum Gasteiger partial charge on any atom is 0.416 e. The molecule has 0 radical (unpaired) electrons. The van der Waals surface area contributed by atoms with Crippen molar-refractivity contribution in [2.75, 3.05) is 13.3 Å². The lowest BCUT2D eigenvalue weighted by Crippen LogP contribution is -2.46. The van der Waals surface area contributed by atoms with Gasteiger partial charge in [0.05, 0.1) is 26.5 Å². The van der Waals surface area contributed by atoms with E-state index in [0.717, 1.165) is 4.90 Å². The summed E-state index contributed by atoms with van der Waals surface area (Å²) in [5.74, 6) is -2.56. The van der Waals surface area contributed by atoms with Crippen LogP contribution in [0.4, 0.5) is 35.1 Å². The molecular formula is C23H21F8NO5S2. The Labute approximate surface area is 218 Å². The highest BCUT2D eigenvalue weighted by atomic mass is 32.2. The van der Waals surface area contributed by atoms with E-state index >= 15 is 4.39 Å². The molecule has 1 aliphatic rings. The van der Waals surface area contributed by atoms with Gasteiger partial charge in [0.2, 0.25) is 14.8 Å². The van der Waals surface area contributed by atoms with E-state index in [4.69, 9.17) is 0 Å². The van der Waals surface area contributed by atoms with E-state index in [0.29, 0.717) is 24.5 Å². The number of alkyl halides is 7. The molecular weight excluding hydrogens is 586 g/mol. The van der Waals surface area contributed by atoms with Crippen LogP contribution in [0.1, 0.15) is 47.2 Å². The smallest absolute Gasteiger partial charge is 0.339 e. The summed E-state index contributed by atoms with van der Waals surface area (Å²) in [6.45, 7) is 0. The molecule has 6 nitrogen and oxygen atoms in total. The third kappa shape index (κ3) is 6.21. The summed E-state index contributed by atoms with van der Waals surface area (Å²) in [5.41, 5.74) is -3.52. The predicted molar refractivity (Wildman–Crippen MR) is 121 cm³/mol. The van der Waals surface area contributed by atoms with Crippen molar-refractivity contribution in [3.63, 3.8) is 0 Å². The summed E-state index contributed by atoms with van der Waals surface area (Å²) >= 11 is 0. The lowest BCUT2D eigenvalue weighted by atomic mass is 9.92. The van der Waals surface area contributed by atoms with Gasteiger partial charge in [0.15, 0.2) is 9.84 Å². The SMILES string of the molecule is CN(C(=O)c1ccc(C(F)(F)F)cc1S(C)(=O)=O)[C@H]1CC[C@](F)(S(=O)(=O)c2cc(F)cc(C(F)(F)F)c2)CC1. The summed E-state index contributed by atoms with van der Waals surface area (Å²) in [7, 11) is -8.27. The summed E-state index contributed by atoms with van der Waals surface area (Å²) in [6.07, 6.45) is -11.7. The van der Waals surface area contributed by atoms with E-state index in [1.54, 1.807) is 0 Å². The van der Waals surface area contributed by atoms with Gasteiger partial charge in [0.1, 0.15) is 5.82 Å². The van der Waals surface area contributed by atoms with Crippen molar-refractivity contribution >= 4 is 25.6 Å². The highest BCUT2D eigenvalue weighted by molar-refractivity contribution is 7.92. The van der Waals surface area contributed by atoms with Gasteiger partial charge in [0, 0.05) is 19.3 Å². The van der Waals surface area contributed by atoms with Crippen molar-refractivity contribution in [2.24, 2.45) is 0 Å². The molecule has 39 heavy (non-hydrogen) atoms. The highest BCUT2D eigenvalue weighted by Gasteiger charge is 2.49. The average Bonchev–Trinajstić information content (AvgIpc) is 2.81. The Morgan fingerprint density at radius 3 is 1.92 bits per heavy atom. The van der Waals surface area contributed by atoms with Crippen LogP contribution in [0.2, 0.25) is 0 Å². The van der Waals surface area contributed by atoms with Crippen molar-refractivity contribution in [3.8, 4) is 0 Å². The number of amides is 1. The zero-order valence-electron chi connectivity index (χ0n) is 20.2. The first-order valence-electron chi connectivity index (χ1n) is 11.1. The molecule has 0 atom stereocenters. The third-order valence-corrected chi connectivity index (χ3v) is 9.86. The van der Waals surface area contributed by atoms with Gasteiger partial charge in [-0.05, 0) is 62.1 Å². The first-order valence-corrected chi connectivity index (χ1v) is 14.5. The Morgan fingerprint density at radius 1 is 0.897 bits per heavy atom. The van der Waals surface area contributed by atoms with Gasteiger partial charge in [-0.2, -0.15) is 26.3 Å². The van der Waals surface area contributed by atoms with E-state index in [-0.39, 0.29) is 31.0 Å². The topological polar surface area (TPSA) is 88.6 Å². The quantitative estimate of drug-likeness (QED) is 0.424. The molecule has 1 aliphatic carbocycles. The molecule has 2 aromatic carbocycles. The van der Waals surface area contributed by atoms with Crippen molar-refractivity contribution in [2.45, 2.75) is 58.9 Å². The van der Waals surface area contributed by atoms with Gasteiger partial charge in [-0.25, -0.2) is 25.6 Å². The third-order valence-electron chi connectivity index (χ3n) is 6.50. The molecule has 1 saturated carbocycles. The van der Waals surface area contributed by atoms with Gasteiger partial charge in [0.25, 0.3) is 5.91 Å². The van der Waals surface area contributed by atoms with Crippen LogP contribution in [0, 0.1) is 5.82 Å². The van der Waals surface area contributed by atoms with Gasteiger partial charge in [-0.15, -0.1) is 0 Å². The number of halogens is 8. The second kappa shape index (κ2) is 10.0. The van der Waals surface area contributed by atoms with Crippen LogP contribution < -0.4 is 0 Å². The molecule has 0 bridgehead atoms. The Bertz CT molecular complexity index is 1490. The zero-order chi connectivity index (χ0) is 29.8. The largest absolute Gasteiger partial charge is 0.416 e. The number of hydrogen-bond donors (Lipinski definition) is 0. The molecule has 0 aliphatic heterocycles. The van der Waals surface area contributed by atoms with Gasteiger partial charge in [-0.3, -0.25) is 4.79 Å². The molecule has 1 fully saturated rings. The Kier molecular flexibility index (Phi) is 7.91. The predicted octanol–water partition coefficient (Wildman–Crippen LogP) is 5.42. The highest BCUT2D eigenvalue weighted by Crippen LogP contribution is 2.43. The van der Waals surface area contributed by atoms with Crippen LogP contribution >= 0.6 is 0 Å². The summed E-state index contributed by atoms with van der Waals surface area (Å²) in [5, 5.41) is -3.10. The van der Waals surface area contributed by atoms with Crippen molar-refractivity contribution in [1.82, 2.24) is 4.90 Å². The maximum absolute atomic E-state index is 15.7. The molecule has 0 saturated heterocycles. The lowest BCUT2D eigenvalue weighted by molar-refractivity contribution is -0.138. The van der Waals surface area contributed by atoms with Crippen LogP contribution in [0.15, 0.2) is 46.2 Å². The zero-order valence-corrected chi connectivity index (χ0v) is 21.8. The monoisotopic (exact) mass is 607 g/mol. The molecule has 16 heteroatoms. The fourth-order valence-corrected chi connectivity index (χ4v) is 6.96. The molecule has 0 aromatic heterocycles. The maximum atomic E-state index is 15.7. The normalized spacial score (nSPS) is 21.0. The minimum atomic E-state index is -5.13. The molecule has 3 rings (SSSR count). The van der Waals surface area contributed by atoms with Gasteiger partial charge >= 0.3 is 12.4 Å². The van der Waals surface area contributed by atoms with E-state index in [1.807, 2.05) is 0 Å². The number of benzene rings is 2. The molecule has 216 valence electrons. The van der Waals surface area contributed by atoms with Crippen LogP contribution in [0.25, 0.3) is 0 Å². The van der Waals surface area contributed by atoms with Crippen LogP contribution in [0.3, 0.4) is 0 Å². The fraction of sp³-hybridized carbons (Fsp3) is 0.435. The number of carbonyl (C=O) groups excluding carboxylic acids is 1. The Morgan fingerprint density at radius 2 is 1.44 bits per heavy atom. The molecule has 1 amide bonds. The summed E-state index contributed by atoms with van der Waals surface area (Å²) in [6, 6.07) is 1.07. The molecule has 0 N–H and O–H groups in total. The van der Waals surface area contributed by atoms with E-state index in [2.05, 4.69) is 0 Å². The van der Waals surface area contributed by atoms with Crippen LogP contribution in [0.5, 0.6) is 0 Å². The molecule has 0 unspecified atom stereocenters. The summed E-state index contributed by atoms with van der Waals surface area (Å²) < 4.78 is 158. The first-order chi connectivity index (χ1) is 17.6. The van der Waals surface area contributed by atoms with E-state index in [1.165, 1.54) is 7.05 Å². The first kappa shape index (κ1) is 30.8. The molecule has 0 heterocycles. The minimum Gasteiger partial charge on any atom is -0.339 e. The van der Waals surface area contributed by atoms with Gasteiger partial charge < -0.3 is 4.90 Å². The number of carbonyl (C=O) groups is 1. The number of nitrogens with zero attached hydrogens (tertiary/aromatic N) is 1. The summed E-state index contributed by atoms with van der Waals surface area (Å²) in [4.78, 5) is 11.9. The molecule has 2 aromatic rings. The minimum absolute atomic E-state index is 0.0629. The fourth-order valence-electron chi connectivity index (χ4n) is 4.32. The number of rotatable bonds is 5. The molecule has 0 spiro atoms. The van der Waals surface area contributed by atoms with Crippen molar-refractivity contribution < 1.29 is 56.8 Å². The van der Waals surface area contributed by atoms with Crippen molar-refractivity contribution in [1.29, 1.82) is 0 Å². The second-order valence-corrected chi connectivity index (χ2v) is 13.4. The van der Waals surface area contributed by atoms with Gasteiger partial charge in [-0.1, -0.05) is 0 Å². The average molecular weight is 608 g/mol. The van der Waals surface area contributed by atoms with E-state index in [9.17, 15) is 52.4 Å². The van der Waals surface area contributed by atoms with Crippen LogP contribution in [-0.4, -0.2) is 52.0 Å².